The van der Waals surface area contributed by atoms with Gasteiger partial charge in [0.05, 0.1) is 39.7 Å². The summed E-state index contributed by atoms with van der Waals surface area (Å²) in [5, 5.41) is 5.05. The lowest BCUT2D eigenvalue weighted by atomic mass is 9.87. The summed E-state index contributed by atoms with van der Waals surface area (Å²) in [6.45, 7) is 4.13. The predicted octanol–water partition coefficient (Wildman–Crippen LogP) is 3.71. The van der Waals surface area contributed by atoms with Gasteiger partial charge >= 0.3 is 0 Å². The maximum absolute atomic E-state index is 13.6. The molecule has 5 rings (SSSR count). The van der Waals surface area contributed by atoms with E-state index in [-0.39, 0.29) is 30.0 Å². The minimum Gasteiger partial charge on any atom is -0.376 e. The Bertz CT molecular complexity index is 1280. The Morgan fingerprint density at radius 1 is 1.34 bits per heavy atom. The number of carbonyl (C=O) groups excluding carboxylic acids is 1. The van der Waals surface area contributed by atoms with Crippen LogP contribution in [0.5, 0.6) is 0 Å². The normalized spacial score (nSPS) is 17.5. The average Bonchev–Trinajstić information content (AvgIpc) is 3.22. The number of nitrogens with one attached hydrogen (secondary N) is 2. The first-order valence-corrected chi connectivity index (χ1v) is 11.9. The zero-order valence-electron chi connectivity index (χ0n) is 17.6. The number of benzene rings is 1. The highest BCUT2D eigenvalue weighted by Gasteiger charge is 2.35. The van der Waals surface area contributed by atoms with Crippen molar-refractivity contribution >= 4 is 50.7 Å². The van der Waals surface area contributed by atoms with Crippen molar-refractivity contribution in [2.45, 2.75) is 26.0 Å². The van der Waals surface area contributed by atoms with Crippen LogP contribution in [0.2, 0.25) is 10.0 Å². The van der Waals surface area contributed by atoms with Gasteiger partial charge in [0.15, 0.2) is 0 Å². The molecule has 1 unspecified atom stereocenters. The third-order valence-corrected chi connectivity index (χ3v) is 8.06. The van der Waals surface area contributed by atoms with E-state index in [1.165, 1.54) is 11.5 Å². The van der Waals surface area contributed by atoms with Gasteiger partial charge in [0.2, 0.25) is 0 Å². The van der Waals surface area contributed by atoms with E-state index in [9.17, 15) is 9.59 Å². The molecule has 2 aromatic heterocycles. The van der Waals surface area contributed by atoms with Crippen molar-refractivity contribution in [3.8, 4) is 0 Å². The van der Waals surface area contributed by atoms with Crippen LogP contribution in [0.25, 0.3) is 10.1 Å². The zero-order valence-corrected chi connectivity index (χ0v) is 20.0. The lowest BCUT2D eigenvalue weighted by molar-refractivity contribution is 0.0292. The third kappa shape index (κ3) is 3.45. The monoisotopic (exact) mass is 492 g/mol. The molecule has 1 fully saturated rings. The van der Waals surface area contributed by atoms with Gasteiger partial charge in [-0.15, -0.1) is 0 Å². The fourth-order valence-corrected chi connectivity index (χ4v) is 6.09. The molecule has 0 spiro atoms. The van der Waals surface area contributed by atoms with Crippen molar-refractivity contribution in [2.24, 2.45) is 5.92 Å². The number of ether oxygens (including phenoxy) is 1. The van der Waals surface area contributed by atoms with Crippen LogP contribution in [0.15, 0.2) is 17.1 Å². The minimum absolute atomic E-state index is 0.186. The predicted molar refractivity (Wildman–Crippen MR) is 126 cm³/mol. The van der Waals surface area contributed by atoms with Crippen LogP contribution in [0.1, 0.15) is 38.8 Å². The number of aromatic nitrogens is 2. The van der Waals surface area contributed by atoms with Gasteiger partial charge in [-0.05, 0) is 36.5 Å². The van der Waals surface area contributed by atoms with E-state index >= 15 is 0 Å². The Morgan fingerprint density at radius 3 is 2.81 bits per heavy atom. The molecule has 1 saturated heterocycles. The summed E-state index contributed by atoms with van der Waals surface area (Å²) in [5.74, 6) is 0.0476. The van der Waals surface area contributed by atoms with Crippen LogP contribution in [-0.4, -0.2) is 46.9 Å². The van der Waals surface area contributed by atoms with Gasteiger partial charge in [0, 0.05) is 54.3 Å². The number of pyridine rings is 1. The van der Waals surface area contributed by atoms with Gasteiger partial charge in [0.1, 0.15) is 0 Å². The van der Waals surface area contributed by atoms with Crippen molar-refractivity contribution in [1.82, 2.24) is 19.6 Å². The third-order valence-electron chi connectivity index (χ3n) is 6.45. The molecule has 2 N–H and O–H groups in total. The van der Waals surface area contributed by atoms with Crippen LogP contribution in [-0.2, 0) is 17.7 Å². The molecule has 0 saturated carbocycles. The second-order valence-electron chi connectivity index (χ2n) is 8.29. The largest absolute Gasteiger partial charge is 0.376 e. The topological polar surface area (TPSA) is 87.3 Å². The molecule has 1 amide bonds. The second kappa shape index (κ2) is 8.43. The number of nitrogens with zero attached hydrogens (tertiary/aromatic N) is 2. The highest BCUT2D eigenvalue weighted by Crippen LogP contribution is 2.41. The van der Waals surface area contributed by atoms with Crippen molar-refractivity contribution < 1.29 is 9.53 Å². The fourth-order valence-electron chi connectivity index (χ4n) is 4.59. The number of aromatic amines is 1. The molecule has 168 valence electrons. The summed E-state index contributed by atoms with van der Waals surface area (Å²) in [4.78, 5) is 30.8. The summed E-state index contributed by atoms with van der Waals surface area (Å²) >= 11 is 14.7. The van der Waals surface area contributed by atoms with Crippen LogP contribution >= 0.6 is 34.7 Å². The van der Waals surface area contributed by atoms with E-state index in [1.807, 2.05) is 13.0 Å². The number of aryl methyl sites for hydroxylation is 1. The molecule has 4 heterocycles. The van der Waals surface area contributed by atoms with Crippen molar-refractivity contribution in [1.29, 1.82) is 0 Å². The highest BCUT2D eigenvalue weighted by molar-refractivity contribution is 7.13. The Hall–Kier alpha value is -1.97. The van der Waals surface area contributed by atoms with Crippen LogP contribution < -0.4 is 10.9 Å². The van der Waals surface area contributed by atoms with Gasteiger partial charge in [-0.1, -0.05) is 23.2 Å². The summed E-state index contributed by atoms with van der Waals surface area (Å²) in [6, 6.07) is 1.84. The van der Waals surface area contributed by atoms with Gasteiger partial charge in [-0.2, -0.15) is 4.37 Å². The molecule has 7 nitrogen and oxygen atoms in total. The second-order valence-corrected chi connectivity index (χ2v) is 9.88. The van der Waals surface area contributed by atoms with Crippen LogP contribution in [0.3, 0.4) is 0 Å². The number of halogens is 2. The number of hydrogen-bond donors (Lipinski definition) is 2. The molecule has 0 bridgehead atoms. The Kier molecular flexibility index (Phi) is 5.75. The van der Waals surface area contributed by atoms with Crippen LogP contribution in [0.4, 0.5) is 0 Å². The number of H-pyrrole nitrogens is 1. The lowest BCUT2D eigenvalue weighted by Gasteiger charge is -2.36. The molecule has 1 atom stereocenters. The van der Waals surface area contributed by atoms with E-state index in [1.54, 1.807) is 18.2 Å². The van der Waals surface area contributed by atoms with Gasteiger partial charge in [-0.25, -0.2) is 0 Å². The average molecular weight is 493 g/mol. The summed E-state index contributed by atoms with van der Waals surface area (Å²) in [5.41, 5.74) is 3.01. The molecular weight excluding hydrogens is 471 g/mol. The summed E-state index contributed by atoms with van der Waals surface area (Å²) < 4.78 is 10.8. The van der Waals surface area contributed by atoms with Crippen molar-refractivity contribution in [2.75, 3.05) is 26.7 Å². The first kappa shape index (κ1) is 21.9. The van der Waals surface area contributed by atoms with Gasteiger partial charge in [-0.3, -0.25) is 9.59 Å². The number of hydrogen-bond acceptors (Lipinski definition) is 6. The first-order chi connectivity index (χ1) is 15.4. The molecule has 0 radical (unpaired) electrons. The van der Waals surface area contributed by atoms with E-state index in [2.05, 4.69) is 14.7 Å². The first-order valence-electron chi connectivity index (χ1n) is 10.4. The Balaban J connectivity index is 1.54. The molecule has 10 heteroatoms. The number of carbonyl (C=O) groups is 1. The minimum atomic E-state index is -0.244. The maximum atomic E-state index is 13.6. The van der Waals surface area contributed by atoms with Crippen molar-refractivity contribution in [3.63, 3.8) is 0 Å². The standard InChI is InChI=1S/C22H22Cl2N4O3S/c1-10-14-8-26-32-20(14)15(21(29)27-10)9-28-4-3-12-16(23)5-13(18(24)17(12)22(28)30)19(31-2)11-6-25-7-11/h5,8,11,19,25H,3-4,6-7,9H2,1-2H3,(H,27,29). The van der Waals surface area contributed by atoms with E-state index in [0.29, 0.717) is 34.1 Å². The molecule has 3 aromatic rings. The molecular formula is C22H22Cl2N4O3S. The summed E-state index contributed by atoms with van der Waals surface area (Å²) in [6.07, 6.45) is 2.06. The summed E-state index contributed by atoms with van der Waals surface area (Å²) in [7, 11) is 1.64. The van der Waals surface area contributed by atoms with Gasteiger partial charge < -0.3 is 19.9 Å². The lowest BCUT2D eigenvalue weighted by Crippen LogP contribution is -2.46. The number of amides is 1. The van der Waals surface area contributed by atoms with E-state index < -0.39 is 0 Å². The SMILES string of the molecule is COC(c1cc(Cl)c2c(c1Cl)C(=O)N(Cc1c(=O)[nH]c(C)c3cnsc13)CC2)C1CNC1. The number of rotatable bonds is 5. The smallest absolute Gasteiger partial charge is 0.256 e. The van der Waals surface area contributed by atoms with E-state index in [4.69, 9.17) is 27.9 Å². The fraction of sp³-hybridized carbons (Fsp3) is 0.409. The number of methoxy groups -OCH3 is 1. The van der Waals surface area contributed by atoms with Crippen molar-refractivity contribution in [3.05, 3.63) is 60.6 Å². The van der Waals surface area contributed by atoms with Gasteiger partial charge in [0.25, 0.3) is 11.5 Å². The highest BCUT2D eigenvalue weighted by atomic mass is 35.5. The molecule has 2 aliphatic heterocycles. The molecule has 2 aliphatic rings. The quantitative estimate of drug-likeness (QED) is 0.566. The maximum Gasteiger partial charge on any atom is 0.256 e. The zero-order chi connectivity index (χ0) is 22.6. The molecule has 32 heavy (non-hydrogen) atoms. The number of fused-ring (bicyclic) bond motifs is 2. The Labute approximate surface area is 198 Å². The van der Waals surface area contributed by atoms with Crippen LogP contribution in [0, 0.1) is 12.8 Å². The Morgan fingerprint density at radius 2 is 2.12 bits per heavy atom. The molecule has 0 aliphatic carbocycles. The van der Waals surface area contributed by atoms with E-state index in [0.717, 1.165) is 40.0 Å². The molecule has 1 aromatic carbocycles.